The number of carbonyl (C=O) groups is 1. The molecule has 2 aromatic carbocycles. The summed E-state index contributed by atoms with van der Waals surface area (Å²) in [5.41, 5.74) is 2.87. The van der Waals surface area contributed by atoms with Gasteiger partial charge in [-0.2, -0.15) is 5.10 Å². The fraction of sp³-hybridized carbons (Fsp3) is 0.125. The molecule has 2 aromatic rings. The summed E-state index contributed by atoms with van der Waals surface area (Å²) in [6.07, 6.45) is 1.38. The molecule has 0 fully saturated rings. The predicted octanol–water partition coefficient (Wildman–Crippen LogP) is 3.53. The Kier molecular flexibility index (Phi) is 6.26. The van der Waals surface area contributed by atoms with E-state index in [1.807, 2.05) is 6.07 Å². The molecule has 0 bridgehead atoms. The molecule has 1 N–H and O–H groups in total. The molecule has 0 aliphatic carbocycles. The van der Waals surface area contributed by atoms with Crippen LogP contribution in [0.1, 0.15) is 5.56 Å². The van der Waals surface area contributed by atoms with E-state index in [0.717, 1.165) is 0 Å². The normalized spacial score (nSPS) is 10.6. The van der Waals surface area contributed by atoms with Crippen molar-refractivity contribution in [2.75, 3.05) is 13.7 Å². The summed E-state index contributed by atoms with van der Waals surface area (Å²) < 4.78 is 10.5. The maximum absolute atomic E-state index is 11.7. The molecular formula is C16H14Cl2N2O3. The topological polar surface area (TPSA) is 59.9 Å². The van der Waals surface area contributed by atoms with E-state index < -0.39 is 5.91 Å². The van der Waals surface area contributed by atoms with Crippen LogP contribution < -0.4 is 14.9 Å². The molecule has 0 aliphatic rings. The first-order chi connectivity index (χ1) is 11.1. The SMILES string of the molecule is COc1ccccc1OCC(=O)NN=Cc1c(Cl)cccc1Cl. The number of methoxy groups -OCH3 is 1. The molecule has 1 amide bonds. The summed E-state index contributed by atoms with van der Waals surface area (Å²) >= 11 is 12.0. The third-order valence-electron chi connectivity index (χ3n) is 2.81. The summed E-state index contributed by atoms with van der Waals surface area (Å²) in [5.74, 6) is 0.602. The molecule has 23 heavy (non-hydrogen) atoms. The van der Waals surface area contributed by atoms with Crippen LogP contribution in [0.2, 0.25) is 10.0 Å². The van der Waals surface area contributed by atoms with Gasteiger partial charge in [-0.15, -0.1) is 0 Å². The average molecular weight is 353 g/mol. The highest BCUT2D eigenvalue weighted by Gasteiger charge is 2.06. The molecule has 5 nitrogen and oxygen atoms in total. The average Bonchev–Trinajstić information content (AvgIpc) is 2.56. The van der Waals surface area contributed by atoms with Gasteiger partial charge in [0.1, 0.15) is 0 Å². The highest BCUT2D eigenvalue weighted by atomic mass is 35.5. The number of hydrazone groups is 1. The van der Waals surface area contributed by atoms with Gasteiger partial charge in [-0.1, -0.05) is 41.4 Å². The van der Waals surface area contributed by atoms with E-state index in [2.05, 4.69) is 10.5 Å². The molecule has 0 saturated heterocycles. The molecule has 0 heterocycles. The largest absolute Gasteiger partial charge is 0.493 e. The van der Waals surface area contributed by atoms with Crippen LogP contribution in [-0.2, 0) is 4.79 Å². The molecule has 0 radical (unpaired) electrons. The highest BCUT2D eigenvalue weighted by Crippen LogP contribution is 2.25. The number of rotatable bonds is 6. The molecule has 2 rings (SSSR count). The minimum Gasteiger partial charge on any atom is -0.493 e. The lowest BCUT2D eigenvalue weighted by molar-refractivity contribution is -0.123. The lowest BCUT2D eigenvalue weighted by atomic mass is 10.2. The Bertz CT molecular complexity index is 700. The minimum atomic E-state index is -0.421. The third-order valence-corrected chi connectivity index (χ3v) is 3.47. The van der Waals surface area contributed by atoms with Gasteiger partial charge in [-0.05, 0) is 24.3 Å². The standard InChI is InChI=1S/C16H14Cl2N2O3/c1-22-14-7-2-3-8-15(14)23-10-16(21)20-19-9-11-12(17)5-4-6-13(11)18/h2-9H,10H2,1H3,(H,20,21). The molecule has 0 unspecified atom stereocenters. The van der Waals surface area contributed by atoms with Crippen molar-refractivity contribution in [2.24, 2.45) is 5.10 Å². The quantitative estimate of drug-likeness (QED) is 0.638. The Balaban J connectivity index is 1.89. The number of ether oxygens (including phenoxy) is 2. The second kappa shape index (κ2) is 8.41. The van der Waals surface area contributed by atoms with Crippen LogP contribution in [-0.4, -0.2) is 25.8 Å². The molecule has 0 saturated carbocycles. The number of nitrogens with zero attached hydrogens (tertiary/aromatic N) is 1. The number of nitrogens with one attached hydrogen (secondary N) is 1. The van der Waals surface area contributed by atoms with E-state index in [4.69, 9.17) is 32.7 Å². The molecule has 0 spiro atoms. The fourth-order valence-electron chi connectivity index (χ4n) is 1.72. The van der Waals surface area contributed by atoms with Gasteiger partial charge in [0.15, 0.2) is 18.1 Å². The summed E-state index contributed by atoms with van der Waals surface area (Å²) in [6.45, 7) is -0.200. The zero-order valence-corrected chi connectivity index (χ0v) is 13.8. The van der Waals surface area contributed by atoms with Gasteiger partial charge in [0, 0.05) is 5.56 Å². The van der Waals surface area contributed by atoms with Crippen molar-refractivity contribution in [2.45, 2.75) is 0 Å². The first kappa shape index (κ1) is 17.1. The Morgan fingerprint density at radius 3 is 2.43 bits per heavy atom. The molecule has 0 aliphatic heterocycles. The van der Waals surface area contributed by atoms with E-state index in [1.54, 1.807) is 36.4 Å². The fourth-order valence-corrected chi connectivity index (χ4v) is 2.21. The van der Waals surface area contributed by atoms with Gasteiger partial charge in [0.2, 0.25) is 0 Å². The van der Waals surface area contributed by atoms with Crippen molar-refractivity contribution in [3.8, 4) is 11.5 Å². The smallest absolute Gasteiger partial charge is 0.277 e. The molecular weight excluding hydrogens is 339 g/mol. The maximum atomic E-state index is 11.7. The highest BCUT2D eigenvalue weighted by molar-refractivity contribution is 6.38. The van der Waals surface area contributed by atoms with Crippen molar-refractivity contribution in [1.29, 1.82) is 0 Å². The first-order valence-corrected chi connectivity index (χ1v) is 7.39. The zero-order chi connectivity index (χ0) is 16.7. The van der Waals surface area contributed by atoms with Crippen LogP contribution in [0.3, 0.4) is 0 Å². The summed E-state index contributed by atoms with van der Waals surface area (Å²) in [5, 5.41) is 4.70. The Morgan fingerprint density at radius 1 is 1.13 bits per heavy atom. The summed E-state index contributed by atoms with van der Waals surface area (Å²) in [4.78, 5) is 11.7. The van der Waals surface area contributed by atoms with E-state index in [9.17, 15) is 4.79 Å². The Morgan fingerprint density at radius 2 is 1.78 bits per heavy atom. The predicted molar refractivity (Wildman–Crippen MR) is 90.7 cm³/mol. The van der Waals surface area contributed by atoms with Crippen molar-refractivity contribution in [3.05, 3.63) is 58.1 Å². The maximum Gasteiger partial charge on any atom is 0.277 e. The Labute approximate surface area is 143 Å². The van der Waals surface area contributed by atoms with E-state index in [-0.39, 0.29) is 6.61 Å². The van der Waals surface area contributed by atoms with Crippen LogP contribution in [0.25, 0.3) is 0 Å². The molecule has 120 valence electrons. The van der Waals surface area contributed by atoms with Crippen LogP contribution in [0.15, 0.2) is 47.6 Å². The van der Waals surface area contributed by atoms with Gasteiger partial charge in [-0.25, -0.2) is 5.43 Å². The number of carbonyl (C=O) groups excluding carboxylic acids is 1. The van der Waals surface area contributed by atoms with Crippen molar-refractivity contribution < 1.29 is 14.3 Å². The monoisotopic (exact) mass is 352 g/mol. The lowest BCUT2D eigenvalue weighted by Crippen LogP contribution is -2.24. The van der Waals surface area contributed by atoms with Crippen LogP contribution in [0.4, 0.5) is 0 Å². The van der Waals surface area contributed by atoms with Gasteiger partial charge in [-0.3, -0.25) is 4.79 Å². The van der Waals surface area contributed by atoms with Gasteiger partial charge in [0.05, 0.1) is 23.4 Å². The van der Waals surface area contributed by atoms with Crippen molar-refractivity contribution >= 4 is 35.3 Å². The zero-order valence-electron chi connectivity index (χ0n) is 12.3. The number of para-hydroxylation sites is 2. The van der Waals surface area contributed by atoms with E-state index >= 15 is 0 Å². The number of hydrogen-bond donors (Lipinski definition) is 1. The summed E-state index contributed by atoms with van der Waals surface area (Å²) in [6, 6.07) is 12.1. The second-order valence-corrected chi connectivity index (χ2v) is 5.18. The number of hydrogen-bond acceptors (Lipinski definition) is 4. The lowest BCUT2D eigenvalue weighted by Gasteiger charge is -2.09. The molecule has 7 heteroatoms. The van der Waals surface area contributed by atoms with Gasteiger partial charge >= 0.3 is 0 Å². The van der Waals surface area contributed by atoms with Crippen LogP contribution in [0.5, 0.6) is 11.5 Å². The molecule has 0 aromatic heterocycles. The Hall–Kier alpha value is -2.24. The number of halogens is 2. The first-order valence-electron chi connectivity index (χ1n) is 6.63. The minimum absolute atomic E-state index is 0.200. The van der Waals surface area contributed by atoms with Crippen molar-refractivity contribution in [1.82, 2.24) is 5.43 Å². The second-order valence-electron chi connectivity index (χ2n) is 4.37. The van der Waals surface area contributed by atoms with Crippen molar-refractivity contribution in [3.63, 3.8) is 0 Å². The van der Waals surface area contributed by atoms with Gasteiger partial charge < -0.3 is 9.47 Å². The summed E-state index contributed by atoms with van der Waals surface area (Å²) in [7, 11) is 1.53. The third kappa shape index (κ3) is 4.87. The van der Waals surface area contributed by atoms with Crippen LogP contribution in [0, 0.1) is 0 Å². The van der Waals surface area contributed by atoms with Crippen LogP contribution >= 0.6 is 23.2 Å². The van der Waals surface area contributed by atoms with E-state index in [0.29, 0.717) is 27.1 Å². The number of amides is 1. The van der Waals surface area contributed by atoms with E-state index in [1.165, 1.54) is 13.3 Å². The number of benzene rings is 2. The van der Waals surface area contributed by atoms with Gasteiger partial charge in [0.25, 0.3) is 5.91 Å². The molecule has 0 atom stereocenters.